The van der Waals surface area contributed by atoms with Crippen LogP contribution in [0.4, 0.5) is 0 Å². The van der Waals surface area contributed by atoms with Gasteiger partial charge in [-0.15, -0.1) is 0 Å². The molecule has 6 nitrogen and oxygen atoms in total. The lowest BCUT2D eigenvalue weighted by Crippen LogP contribution is -2.39. The van der Waals surface area contributed by atoms with Crippen molar-refractivity contribution in [1.29, 1.82) is 0 Å². The van der Waals surface area contributed by atoms with Gasteiger partial charge >= 0.3 is 5.97 Å². The number of aliphatic hydroxyl groups is 1. The van der Waals surface area contributed by atoms with E-state index in [9.17, 15) is 9.90 Å². The van der Waals surface area contributed by atoms with E-state index < -0.39 is 6.10 Å². The molecular weight excluding hydrogens is 262 g/mol. The predicted molar refractivity (Wildman–Crippen MR) is 76.7 cm³/mol. The number of ether oxygens (including phenoxy) is 3. The Kier molecular flexibility index (Phi) is 11.7. The molecule has 0 bridgehead atoms. The van der Waals surface area contributed by atoms with Gasteiger partial charge in [-0.3, -0.25) is 9.69 Å². The maximum atomic E-state index is 11.5. The molecule has 1 N–H and O–H groups in total. The minimum absolute atomic E-state index is 0.0562. The molecule has 0 aromatic rings. The number of aliphatic hydroxyl groups excluding tert-OH is 1. The number of hydrogen-bond acceptors (Lipinski definition) is 6. The summed E-state index contributed by atoms with van der Waals surface area (Å²) in [5.41, 5.74) is 0. The zero-order valence-electron chi connectivity index (χ0n) is 13.1. The highest BCUT2D eigenvalue weighted by Crippen LogP contribution is 1.99. The van der Waals surface area contributed by atoms with Crippen molar-refractivity contribution in [2.75, 3.05) is 46.6 Å². The zero-order chi connectivity index (χ0) is 15.4. The van der Waals surface area contributed by atoms with Crippen molar-refractivity contribution < 1.29 is 24.1 Å². The molecule has 0 rings (SSSR count). The van der Waals surface area contributed by atoms with Crippen LogP contribution in [0.1, 0.15) is 27.2 Å². The van der Waals surface area contributed by atoms with Gasteiger partial charge in [0.05, 0.1) is 38.6 Å². The normalized spacial score (nSPS) is 14.3. The summed E-state index contributed by atoms with van der Waals surface area (Å²) >= 11 is 0. The Bertz CT molecular complexity index is 250. The molecule has 0 heterocycles. The predicted octanol–water partition coefficient (Wildman–Crippen LogP) is 0.674. The Balaban J connectivity index is 4.05. The molecule has 0 fully saturated rings. The molecule has 20 heavy (non-hydrogen) atoms. The number of nitrogens with zero attached hydrogens (tertiary/aromatic N) is 1. The molecule has 0 aliphatic carbocycles. The summed E-state index contributed by atoms with van der Waals surface area (Å²) in [6.07, 6.45) is 0.224. The number of carbonyl (C=O) groups excluding carboxylic acids is 1. The van der Waals surface area contributed by atoms with E-state index in [2.05, 4.69) is 0 Å². The van der Waals surface area contributed by atoms with E-state index in [-0.39, 0.29) is 25.2 Å². The quantitative estimate of drug-likeness (QED) is 0.533. The number of carbonyl (C=O) groups is 1. The van der Waals surface area contributed by atoms with Crippen molar-refractivity contribution in [2.45, 2.75) is 39.4 Å². The Hall–Kier alpha value is -0.690. The van der Waals surface area contributed by atoms with Crippen LogP contribution in [0.15, 0.2) is 0 Å². The van der Waals surface area contributed by atoms with Crippen LogP contribution < -0.4 is 0 Å². The third-order valence-electron chi connectivity index (χ3n) is 2.64. The third-order valence-corrected chi connectivity index (χ3v) is 2.64. The monoisotopic (exact) mass is 291 g/mol. The molecule has 0 aromatic carbocycles. The molecule has 0 spiro atoms. The smallest absolute Gasteiger partial charge is 0.320 e. The summed E-state index contributed by atoms with van der Waals surface area (Å²) in [4.78, 5) is 13.3. The first-order chi connectivity index (χ1) is 9.53. The van der Waals surface area contributed by atoms with Crippen molar-refractivity contribution in [3.8, 4) is 0 Å². The molecule has 0 radical (unpaired) electrons. The van der Waals surface area contributed by atoms with E-state index in [0.29, 0.717) is 19.8 Å². The molecule has 0 saturated heterocycles. The van der Waals surface area contributed by atoms with Crippen LogP contribution in [0.5, 0.6) is 0 Å². The molecular formula is C14H29NO5. The van der Waals surface area contributed by atoms with Gasteiger partial charge in [0, 0.05) is 13.7 Å². The van der Waals surface area contributed by atoms with E-state index in [1.807, 2.05) is 18.7 Å². The maximum absolute atomic E-state index is 11.5. The fourth-order valence-electron chi connectivity index (χ4n) is 1.85. The highest BCUT2D eigenvalue weighted by molar-refractivity contribution is 5.71. The lowest BCUT2D eigenvalue weighted by Gasteiger charge is -2.24. The largest absolute Gasteiger partial charge is 0.465 e. The Morgan fingerprint density at radius 1 is 1.30 bits per heavy atom. The van der Waals surface area contributed by atoms with E-state index in [1.54, 1.807) is 14.0 Å². The van der Waals surface area contributed by atoms with Crippen molar-refractivity contribution in [2.24, 2.45) is 0 Å². The van der Waals surface area contributed by atoms with Crippen molar-refractivity contribution >= 4 is 5.97 Å². The van der Waals surface area contributed by atoms with Crippen molar-refractivity contribution in [1.82, 2.24) is 4.90 Å². The summed E-state index contributed by atoms with van der Waals surface area (Å²) in [5.74, 6) is -0.262. The molecule has 0 aromatic heterocycles. The van der Waals surface area contributed by atoms with Crippen LogP contribution in [0, 0.1) is 0 Å². The third kappa shape index (κ3) is 10.1. The fraction of sp³-hybridized carbons (Fsp3) is 0.929. The SMILES string of the molecule is CCCN(CC(=O)OCC)CC(O)COC(C)COC. The van der Waals surface area contributed by atoms with Gasteiger partial charge in [0.15, 0.2) is 0 Å². The first kappa shape index (κ1) is 19.3. The van der Waals surface area contributed by atoms with Gasteiger partial charge < -0.3 is 19.3 Å². The molecule has 2 unspecified atom stereocenters. The van der Waals surface area contributed by atoms with Crippen LogP contribution in [0.25, 0.3) is 0 Å². The standard InChI is InChI=1S/C14H29NO5/c1-5-7-15(9-14(17)19-6-2)8-13(16)11-20-12(3)10-18-4/h12-13,16H,5-11H2,1-4H3. The average Bonchev–Trinajstić information content (AvgIpc) is 2.37. The van der Waals surface area contributed by atoms with Gasteiger partial charge in [-0.1, -0.05) is 6.92 Å². The minimum atomic E-state index is -0.629. The van der Waals surface area contributed by atoms with Crippen molar-refractivity contribution in [3.05, 3.63) is 0 Å². The van der Waals surface area contributed by atoms with E-state index in [0.717, 1.165) is 13.0 Å². The second-order valence-electron chi connectivity index (χ2n) is 4.79. The number of methoxy groups -OCH3 is 1. The first-order valence-electron chi connectivity index (χ1n) is 7.19. The number of rotatable bonds is 12. The lowest BCUT2D eigenvalue weighted by atomic mass is 10.3. The van der Waals surface area contributed by atoms with Crippen LogP contribution in [0.2, 0.25) is 0 Å². The second kappa shape index (κ2) is 12.1. The van der Waals surface area contributed by atoms with E-state index in [4.69, 9.17) is 14.2 Å². The van der Waals surface area contributed by atoms with Gasteiger partial charge in [0.2, 0.25) is 0 Å². The van der Waals surface area contributed by atoms with Gasteiger partial charge in [-0.05, 0) is 26.8 Å². The summed E-state index contributed by atoms with van der Waals surface area (Å²) in [6, 6.07) is 0. The molecule has 0 saturated carbocycles. The highest BCUT2D eigenvalue weighted by atomic mass is 16.5. The topological polar surface area (TPSA) is 68.2 Å². The molecule has 6 heteroatoms. The van der Waals surface area contributed by atoms with Crippen LogP contribution >= 0.6 is 0 Å². The van der Waals surface area contributed by atoms with Crippen LogP contribution in [0.3, 0.4) is 0 Å². The Labute approximate surface area is 122 Å². The van der Waals surface area contributed by atoms with Crippen LogP contribution in [-0.2, 0) is 19.0 Å². The zero-order valence-corrected chi connectivity index (χ0v) is 13.1. The fourth-order valence-corrected chi connectivity index (χ4v) is 1.85. The number of esters is 1. The highest BCUT2D eigenvalue weighted by Gasteiger charge is 2.16. The van der Waals surface area contributed by atoms with Gasteiger partial charge in [-0.2, -0.15) is 0 Å². The van der Waals surface area contributed by atoms with Gasteiger partial charge in [-0.25, -0.2) is 0 Å². The summed E-state index contributed by atoms with van der Waals surface area (Å²) in [5, 5.41) is 9.95. The molecule has 0 aliphatic heterocycles. The molecule has 2 atom stereocenters. The van der Waals surface area contributed by atoms with E-state index >= 15 is 0 Å². The molecule has 0 amide bonds. The Morgan fingerprint density at radius 3 is 2.55 bits per heavy atom. The maximum Gasteiger partial charge on any atom is 0.320 e. The molecule has 0 aliphatic rings. The molecule has 120 valence electrons. The van der Waals surface area contributed by atoms with Crippen molar-refractivity contribution in [3.63, 3.8) is 0 Å². The summed E-state index contributed by atoms with van der Waals surface area (Å²) in [7, 11) is 1.61. The Morgan fingerprint density at radius 2 is 2.00 bits per heavy atom. The minimum Gasteiger partial charge on any atom is -0.465 e. The van der Waals surface area contributed by atoms with Gasteiger partial charge in [0.25, 0.3) is 0 Å². The van der Waals surface area contributed by atoms with Crippen LogP contribution in [-0.4, -0.2) is 74.7 Å². The average molecular weight is 291 g/mol. The lowest BCUT2D eigenvalue weighted by molar-refractivity contribution is -0.145. The first-order valence-corrected chi connectivity index (χ1v) is 7.19. The number of hydrogen-bond donors (Lipinski definition) is 1. The summed E-state index contributed by atoms with van der Waals surface area (Å²) in [6.45, 7) is 8.13. The second-order valence-corrected chi connectivity index (χ2v) is 4.79. The van der Waals surface area contributed by atoms with E-state index in [1.165, 1.54) is 0 Å². The van der Waals surface area contributed by atoms with Gasteiger partial charge in [0.1, 0.15) is 0 Å². The summed E-state index contributed by atoms with van der Waals surface area (Å²) < 4.78 is 15.3.